The van der Waals surface area contributed by atoms with Gasteiger partial charge in [0.1, 0.15) is 12.4 Å². The van der Waals surface area contributed by atoms with E-state index >= 15 is 0 Å². The molecule has 0 radical (unpaired) electrons. The number of anilines is 2. The molecule has 0 aliphatic carbocycles. The number of nitrogens with one attached hydrogen (secondary N) is 1. The van der Waals surface area contributed by atoms with Crippen LogP contribution in [0.25, 0.3) is 0 Å². The summed E-state index contributed by atoms with van der Waals surface area (Å²) in [5, 5.41) is 2.83. The molecule has 1 fully saturated rings. The van der Waals surface area contributed by atoms with E-state index in [1.165, 1.54) is 6.07 Å². The average molecular weight is 475 g/mol. The molecule has 2 aromatic carbocycles. The molecule has 0 aromatic heterocycles. The second kappa shape index (κ2) is 9.81. The number of hydrogen-bond donors (Lipinski definition) is 1. The highest BCUT2D eigenvalue weighted by molar-refractivity contribution is 7.85. The van der Waals surface area contributed by atoms with Gasteiger partial charge in [-0.1, -0.05) is 13.0 Å². The highest BCUT2D eigenvalue weighted by atomic mass is 32.2. The minimum Gasteiger partial charge on any atom is -0.448 e. The summed E-state index contributed by atoms with van der Waals surface area (Å²) in [6, 6.07) is 9.09. The number of nitrogens with zero attached hydrogens (tertiary/aromatic N) is 1. The fraction of sp³-hybridized carbons (Fsp3) is 0.480. The summed E-state index contributed by atoms with van der Waals surface area (Å²) in [5.74, 6) is 0.693. The smallest absolute Gasteiger partial charge is 0.411 e. The van der Waals surface area contributed by atoms with E-state index in [2.05, 4.69) is 17.1 Å². The molecule has 2 aliphatic heterocycles. The molecule has 6 nitrogen and oxygen atoms in total. The van der Waals surface area contributed by atoms with Gasteiger partial charge in [-0.25, -0.2) is 9.18 Å². The van der Waals surface area contributed by atoms with Gasteiger partial charge < -0.3 is 14.4 Å². The predicted molar refractivity (Wildman–Crippen MR) is 129 cm³/mol. The maximum absolute atomic E-state index is 13.5. The van der Waals surface area contributed by atoms with E-state index < -0.39 is 16.9 Å². The van der Waals surface area contributed by atoms with Crippen molar-refractivity contribution in [2.45, 2.75) is 33.7 Å². The Kier molecular flexibility index (Phi) is 7.05. The standard InChI is InChI=1S/C25H31FN2O4S/c1-17-10-22(28-7-6-19-12-21(26)5-4-20(19)13-28)11-18(2)23(17)27-24(29)32-8-9-33(30)16-25(3)14-31-15-25/h4-5,10-12H,6-9,13-16H2,1-3H3,(H,27,29). The lowest BCUT2D eigenvalue weighted by Gasteiger charge is -2.37. The molecular weight excluding hydrogens is 443 g/mol. The summed E-state index contributed by atoms with van der Waals surface area (Å²) in [4.78, 5) is 14.6. The van der Waals surface area contributed by atoms with Gasteiger partial charge in [-0.2, -0.15) is 0 Å². The lowest BCUT2D eigenvalue weighted by atomic mass is 9.92. The molecule has 1 saturated heterocycles. The third-order valence-corrected chi connectivity index (χ3v) is 7.89. The summed E-state index contributed by atoms with van der Waals surface area (Å²) in [6.07, 6.45) is 0.253. The number of carbonyl (C=O) groups excluding carboxylic acids is 1. The summed E-state index contributed by atoms with van der Waals surface area (Å²) >= 11 is 0. The minimum absolute atomic E-state index is 0.0181. The van der Waals surface area contributed by atoms with Crippen LogP contribution >= 0.6 is 0 Å². The van der Waals surface area contributed by atoms with Crippen LogP contribution in [0.4, 0.5) is 20.6 Å². The third-order valence-electron chi connectivity index (χ3n) is 6.24. The van der Waals surface area contributed by atoms with Crippen molar-refractivity contribution in [3.63, 3.8) is 0 Å². The van der Waals surface area contributed by atoms with Gasteiger partial charge in [0.25, 0.3) is 0 Å². The monoisotopic (exact) mass is 474 g/mol. The maximum Gasteiger partial charge on any atom is 0.411 e. The number of hydrogen-bond acceptors (Lipinski definition) is 5. The lowest BCUT2D eigenvalue weighted by molar-refractivity contribution is -0.0866. The Balaban J connectivity index is 1.32. The highest BCUT2D eigenvalue weighted by Crippen LogP contribution is 2.31. The summed E-state index contributed by atoms with van der Waals surface area (Å²) in [5.41, 5.74) is 5.86. The predicted octanol–water partition coefficient (Wildman–Crippen LogP) is 4.34. The van der Waals surface area contributed by atoms with Crippen molar-refractivity contribution in [3.8, 4) is 0 Å². The zero-order valence-corrected chi connectivity index (χ0v) is 20.2. The number of aryl methyl sites for hydroxylation is 2. The summed E-state index contributed by atoms with van der Waals surface area (Å²) < 4.78 is 36.2. The topological polar surface area (TPSA) is 67.9 Å². The highest BCUT2D eigenvalue weighted by Gasteiger charge is 2.35. The van der Waals surface area contributed by atoms with Crippen LogP contribution in [0, 0.1) is 25.1 Å². The molecular formula is C25H31FN2O4S. The maximum atomic E-state index is 13.5. The Morgan fingerprint density at radius 1 is 1.21 bits per heavy atom. The molecule has 2 aliphatic rings. The van der Waals surface area contributed by atoms with Crippen LogP contribution in [-0.2, 0) is 33.2 Å². The van der Waals surface area contributed by atoms with Gasteiger partial charge >= 0.3 is 6.09 Å². The number of ether oxygens (including phenoxy) is 2. The molecule has 1 N–H and O–H groups in total. The molecule has 0 spiro atoms. The fourth-order valence-corrected chi connectivity index (χ4v) is 5.78. The lowest BCUT2D eigenvalue weighted by Crippen LogP contribution is -2.44. The normalized spacial score (nSPS) is 17.6. The van der Waals surface area contributed by atoms with Gasteiger partial charge in [0.2, 0.25) is 0 Å². The van der Waals surface area contributed by atoms with Crippen LogP contribution in [0.15, 0.2) is 30.3 Å². The molecule has 33 heavy (non-hydrogen) atoms. The number of rotatable bonds is 7. The summed E-state index contributed by atoms with van der Waals surface area (Å²) in [7, 11) is -1.04. The van der Waals surface area contributed by atoms with Crippen molar-refractivity contribution in [3.05, 3.63) is 58.4 Å². The molecule has 4 rings (SSSR count). The first-order valence-electron chi connectivity index (χ1n) is 11.2. The number of halogens is 1. The first kappa shape index (κ1) is 23.7. The second-order valence-electron chi connectivity index (χ2n) is 9.39. The number of fused-ring (bicyclic) bond motifs is 1. The minimum atomic E-state index is -1.04. The zero-order chi connectivity index (χ0) is 23.6. The molecule has 0 bridgehead atoms. The van der Waals surface area contributed by atoms with Gasteiger partial charge in [0.05, 0.1) is 19.0 Å². The Morgan fingerprint density at radius 3 is 2.61 bits per heavy atom. The van der Waals surface area contributed by atoms with Gasteiger partial charge in [0, 0.05) is 46.4 Å². The van der Waals surface area contributed by atoms with Crippen LogP contribution in [0.1, 0.15) is 29.2 Å². The van der Waals surface area contributed by atoms with E-state index in [1.807, 2.05) is 32.0 Å². The zero-order valence-electron chi connectivity index (χ0n) is 19.4. The Bertz CT molecular complexity index is 1050. The van der Waals surface area contributed by atoms with Crippen LogP contribution in [-0.4, -0.2) is 48.2 Å². The van der Waals surface area contributed by atoms with E-state index in [-0.39, 0.29) is 17.8 Å². The molecule has 1 amide bonds. The van der Waals surface area contributed by atoms with Crippen molar-refractivity contribution in [1.29, 1.82) is 0 Å². The number of benzene rings is 2. The molecule has 0 saturated carbocycles. The Labute approximate surface area is 196 Å². The molecule has 1 unspecified atom stereocenters. The first-order valence-corrected chi connectivity index (χ1v) is 12.7. The van der Waals surface area contributed by atoms with E-state index in [4.69, 9.17) is 9.47 Å². The van der Waals surface area contributed by atoms with Crippen LogP contribution in [0.5, 0.6) is 0 Å². The van der Waals surface area contributed by atoms with Crippen molar-refractivity contribution in [2.24, 2.45) is 5.41 Å². The van der Waals surface area contributed by atoms with Crippen molar-refractivity contribution < 1.29 is 22.9 Å². The van der Waals surface area contributed by atoms with E-state index in [0.29, 0.717) is 24.7 Å². The van der Waals surface area contributed by atoms with Crippen molar-refractivity contribution in [1.82, 2.24) is 0 Å². The average Bonchev–Trinajstić information content (AvgIpc) is 2.74. The quantitative estimate of drug-likeness (QED) is 0.647. The fourth-order valence-electron chi connectivity index (χ4n) is 4.42. The summed E-state index contributed by atoms with van der Waals surface area (Å²) in [6.45, 7) is 8.89. The van der Waals surface area contributed by atoms with E-state index in [9.17, 15) is 13.4 Å². The van der Waals surface area contributed by atoms with Gasteiger partial charge in [-0.05, 0) is 66.8 Å². The third kappa shape index (κ3) is 5.73. The Morgan fingerprint density at radius 2 is 1.94 bits per heavy atom. The molecule has 8 heteroatoms. The van der Waals surface area contributed by atoms with Gasteiger partial charge in [-0.3, -0.25) is 9.53 Å². The molecule has 2 aromatic rings. The van der Waals surface area contributed by atoms with Gasteiger partial charge in [-0.15, -0.1) is 0 Å². The van der Waals surface area contributed by atoms with E-state index in [0.717, 1.165) is 53.1 Å². The Hall–Kier alpha value is -2.45. The first-order chi connectivity index (χ1) is 15.7. The van der Waals surface area contributed by atoms with Crippen LogP contribution in [0.3, 0.4) is 0 Å². The largest absolute Gasteiger partial charge is 0.448 e. The van der Waals surface area contributed by atoms with Crippen molar-refractivity contribution >= 4 is 28.3 Å². The SMILES string of the molecule is Cc1cc(N2CCc3cc(F)ccc3C2)cc(C)c1NC(=O)OCCS(=O)CC1(C)COC1. The van der Waals surface area contributed by atoms with Crippen LogP contribution in [0.2, 0.25) is 0 Å². The van der Waals surface area contributed by atoms with Crippen molar-refractivity contribution in [2.75, 3.05) is 48.1 Å². The second-order valence-corrected chi connectivity index (χ2v) is 11.0. The van der Waals surface area contributed by atoms with Crippen LogP contribution < -0.4 is 10.2 Å². The number of amides is 1. The molecule has 2 heterocycles. The molecule has 1 atom stereocenters. The van der Waals surface area contributed by atoms with E-state index in [1.54, 1.807) is 6.07 Å². The number of carbonyl (C=O) groups is 1. The van der Waals surface area contributed by atoms with Gasteiger partial charge in [0.15, 0.2) is 0 Å². The molecule has 178 valence electrons.